The molecule has 7 nitrogen and oxygen atoms in total. The van der Waals surface area contributed by atoms with Crippen LogP contribution in [0.5, 0.6) is 0 Å². The standard InChI is InChI=1S/C24H26N4O3/c1-14-19(15(2)28(25-14)18-7-5-4-6-8-18)12-26(3)20(29)13-27-23(30)21-16-9-10-17(11-16)22(21)24(27)31/h4-10,16-17,21-22H,11-13H2,1-3H3. The fourth-order valence-electron chi connectivity index (χ4n) is 5.43. The Balaban J connectivity index is 1.29. The molecule has 0 spiro atoms. The Morgan fingerprint density at radius 1 is 1.06 bits per heavy atom. The molecule has 4 unspecified atom stereocenters. The van der Waals surface area contributed by atoms with Crippen LogP contribution in [-0.4, -0.2) is 50.9 Å². The van der Waals surface area contributed by atoms with Crippen molar-refractivity contribution in [1.29, 1.82) is 0 Å². The van der Waals surface area contributed by atoms with Crippen molar-refractivity contribution >= 4 is 17.7 Å². The van der Waals surface area contributed by atoms with Gasteiger partial charge in [-0.25, -0.2) is 4.68 Å². The van der Waals surface area contributed by atoms with E-state index >= 15 is 0 Å². The van der Waals surface area contributed by atoms with Gasteiger partial charge in [-0.2, -0.15) is 5.10 Å². The van der Waals surface area contributed by atoms with Crippen LogP contribution >= 0.6 is 0 Å². The highest BCUT2D eigenvalue weighted by atomic mass is 16.2. The lowest BCUT2D eigenvalue weighted by Gasteiger charge is -2.22. The second-order valence-corrected chi connectivity index (χ2v) is 8.91. The number of benzene rings is 1. The molecule has 4 atom stereocenters. The first-order valence-corrected chi connectivity index (χ1v) is 10.7. The molecule has 2 fully saturated rings. The topological polar surface area (TPSA) is 75.5 Å². The van der Waals surface area contributed by atoms with Crippen molar-refractivity contribution in [2.45, 2.75) is 26.8 Å². The Hall–Kier alpha value is -3.22. The van der Waals surface area contributed by atoms with Crippen molar-refractivity contribution < 1.29 is 14.4 Å². The minimum absolute atomic E-state index is 0.151. The van der Waals surface area contributed by atoms with Crippen molar-refractivity contribution in [3.8, 4) is 5.69 Å². The quantitative estimate of drug-likeness (QED) is 0.551. The zero-order valence-electron chi connectivity index (χ0n) is 18.0. The third kappa shape index (κ3) is 3.02. The molecule has 2 bridgehead atoms. The van der Waals surface area contributed by atoms with Crippen LogP contribution in [0, 0.1) is 37.5 Å². The lowest BCUT2D eigenvalue weighted by molar-refractivity contribution is -0.146. The molecule has 7 heteroatoms. The average molecular weight is 418 g/mol. The summed E-state index contributed by atoms with van der Waals surface area (Å²) in [5.74, 6) is -0.843. The van der Waals surface area contributed by atoms with E-state index in [-0.39, 0.29) is 47.9 Å². The SMILES string of the molecule is Cc1nn(-c2ccccc2)c(C)c1CN(C)C(=O)CN1C(=O)C2C3C=CC(C3)C2C1=O. The van der Waals surface area contributed by atoms with Crippen molar-refractivity contribution in [3.05, 3.63) is 59.4 Å². The van der Waals surface area contributed by atoms with E-state index in [1.807, 2.05) is 48.9 Å². The molecular formula is C24H26N4O3. The maximum atomic E-state index is 12.9. The Morgan fingerprint density at radius 3 is 2.29 bits per heavy atom. The highest BCUT2D eigenvalue weighted by Gasteiger charge is 2.59. The van der Waals surface area contributed by atoms with Crippen LogP contribution in [0.4, 0.5) is 0 Å². The normalized spacial score (nSPS) is 26.1. The van der Waals surface area contributed by atoms with Crippen LogP contribution in [0.25, 0.3) is 5.69 Å². The van der Waals surface area contributed by atoms with Crippen LogP contribution in [0.3, 0.4) is 0 Å². The first-order valence-electron chi connectivity index (χ1n) is 10.7. The lowest BCUT2D eigenvalue weighted by Crippen LogP contribution is -2.42. The Kier molecular flexibility index (Phi) is 4.57. The van der Waals surface area contributed by atoms with Gasteiger partial charge in [0, 0.05) is 24.8 Å². The molecule has 1 aromatic heterocycles. The molecule has 160 valence electrons. The molecule has 0 N–H and O–H groups in total. The van der Waals surface area contributed by atoms with E-state index in [0.717, 1.165) is 29.1 Å². The molecule has 1 saturated heterocycles. The number of carbonyl (C=O) groups is 3. The fraction of sp³-hybridized carbons (Fsp3) is 0.417. The van der Waals surface area contributed by atoms with Gasteiger partial charge in [-0.05, 0) is 44.2 Å². The molecule has 2 aromatic rings. The number of hydrogen-bond donors (Lipinski definition) is 0. The predicted octanol–water partition coefficient (Wildman–Crippen LogP) is 2.25. The van der Waals surface area contributed by atoms with Crippen molar-refractivity contribution in [2.75, 3.05) is 13.6 Å². The van der Waals surface area contributed by atoms with E-state index in [9.17, 15) is 14.4 Å². The average Bonchev–Trinajstić information content (AvgIpc) is 3.51. The summed E-state index contributed by atoms with van der Waals surface area (Å²) >= 11 is 0. The van der Waals surface area contributed by atoms with Gasteiger partial charge in [-0.1, -0.05) is 30.4 Å². The van der Waals surface area contributed by atoms with Crippen molar-refractivity contribution in [3.63, 3.8) is 0 Å². The summed E-state index contributed by atoms with van der Waals surface area (Å²) in [4.78, 5) is 41.4. The maximum absolute atomic E-state index is 12.9. The van der Waals surface area contributed by atoms with E-state index in [2.05, 4.69) is 17.3 Å². The molecule has 0 radical (unpaired) electrons. The van der Waals surface area contributed by atoms with Gasteiger partial charge in [0.05, 0.1) is 23.2 Å². The predicted molar refractivity (Wildman–Crippen MR) is 114 cm³/mol. The minimum Gasteiger partial charge on any atom is -0.340 e. The second-order valence-electron chi connectivity index (χ2n) is 8.91. The lowest BCUT2D eigenvalue weighted by atomic mass is 9.85. The number of fused-ring (bicyclic) bond motifs is 5. The van der Waals surface area contributed by atoms with Gasteiger partial charge in [0.1, 0.15) is 6.54 Å². The van der Waals surface area contributed by atoms with Gasteiger partial charge in [0.15, 0.2) is 0 Å². The molecule has 1 aliphatic heterocycles. The number of allylic oxidation sites excluding steroid dienone is 2. The van der Waals surface area contributed by atoms with Gasteiger partial charge < -0.3 is 4.90 Å². The number of aryl methyl sites for hydroxylation is 1. The van der Waals surface area contributed by atoms with E-state index in [1.54, 1.807) is 11.9 Å². The largest absolute Gasteiger partial charge is 0.340 e. The number of aromatic nitrogens is 2. The fourth-order valence-corrected chi connectivity index (χ4v) is 5.43. The summed E-state index contributed by atoms with van der Waals surface area (Å²) in [7, 11) is 1.71. The third-order valence-electron chi connectivity index (χ3n) is 7.12. The van der Waals surface area contributed by atoms with Crippen LogP contribution in [0.1, 0.15) is 23.4 Å². The van der Waals surface area contributed by atoms with Crippen molar-refractivity contribution in [1.82, 2.24) is 19.6 Å². The molecule has 5 rings (SSSR count). The van der Waals surface area contributed by atoms with E-state index < -0.39 is 0 Å². The number of likely N-dealkylation sites (tertiary alicyclic amines) is 1. The van der Waals surface area contributed by atoms with E-state index in [0.29, 0.717) is 6.54 Å². The van der Waals surface area contributed by atoms with Crippen LogP contribution in [0.15, 0.2) is 42.5 Å². The number of rotatable bonds is 5. The first kappa shape index (κ1) is 19.7. The number of para-hydroxylation sites is 1. The van der Waals surface area contributed by atoms with Gasteiger partial charge in [-0.15, -0.1) is 0 Å². The number of carbonyl (C=O) groups excluding carboxylic acids is 3. The monoisotopic (exact) mass is 418 g/mol. The number of nitrogens with zero attached hydrogens (tertiary/aromatic N) is 4. The molecule has 1 saturated carbocycles. The highest BCUT2D eigenvalue weighted by molar-refractivity contribution is 6.08. The second kappa shape index (κ2) is 7.18. The number of likely N-dealkylation sites (N-methyl/N-ethyl adjacent to an activating group) is 1. The Bertz CT molecular complexity index is 1070. The molecule has 2 aliphatic carbocycles. The molecular weight excluding hydrogens is 392 g/mol. The summed E-state index contributed by atoms with van der Waals surface area (Å²) in [6.45, 7) is 4.10. The summed E-state index contributed by atoms with van der Waals surface area (Å²) in [5, 5.41) is 4.64. The van der Waals surface area contributed by atoms with Gasteiger partial charge in [0.25, 0.3) is 0 Å². The third-order valence-corrected chi connectivity index (χ3v) is 7.12. The van der Waals surface area contributed by atoms with E-state index in [4.69, 9.17) is 0 Å². The summed E-state index contributed by atoms with van der Waals surface area (Å²) in [6, 6.07) is 9.85. The Labute approximate surface area is 181 Å². The molecule has 2 heterocycles. The molecule has 3 amide bonds. The van der Waals surface area contributed by atoms with Gasteiger partial charge in [0.2, 0.25) is 17.7 Å². The van der Waals surface area contributed by atoms with Crippen LogP contribution in [-0.2, 0) is 20.9 Å². The zero-order valence-corrected chi connectivity index (χ0v) is 18.0. The maximum Gasteiger partial charge on any atom is 0.242 e. The summed E-state index contributed by atoms with van der Waals surface area (Å²) in [6.07, 6.45) is 5.01. The first-order chi connectivity index (χ1) is 14.9. The number of imide groups is 1. The number of amides is 3. The Morgan fingerprint density at radius 2 is 1.68 bits per heavy atom. The molecule has 3 aliphatic rings. The zero-order chi connectivity index (χ0) is 21.9. The minimum atomic E-state index is -0.269. The summed E-state index contributed by atoms with van der Waals surface area (Å²) < 4.78 is 1.88. The van der Waals surface area contributed by atoms with Crippen LogP contribution in [0.2, 0.25) is 0 Å². The summed E-state index contributed by atoms with van der Waals surface area (Å²) in [5.41, 5.74) is 3.75. The smallest absolute Gasteiger partial charge is 0.242 e. The van der Waals surface area contributed by atoms with Gasteiger partial charge in [-0.3, -0.25) is 19.3 Å². The van der Waals surface area contributed by atoms with Crippen LogP contribution < -0.4 is 0 Å². The van der Waals surface area contributed by atoms with E-state index in [1.165, 1.54) is 4.90 Å². The highest BCUT2D eigenvalue weighted by Crippen LogP contribution is 2.52. The van der Waals surface area contributed by atoms with Crippen molar-refractivity contribution in [2.24, 2.45) is 23.7 Å². The number of hydrogen-bond acceptors (Lipinski definition) is 4. The molecule has 31 heavy (non-hydrogen) atoms. The molecule has 1 aromatic carbocycles. The van der Waals surface area contributed by atoms with Gasteiger partial charge >= 0.3 is 0 Å².